The lowest BCUT2D eigenvalue weighted by Gasteiger charge is -2.12. The highest BCUT2D eigenvalue weighted by molar-refractivity contribution is 8.86. The van der Waals surface area contributed by atoms with Crippen LogP contribution in [-0.2, 0) is 20.2 Å². The highest BCUT2D eigenvalue weighted by atomic mass is 33.1. The molecular weight excluding hydrogens is 461 g/mol. The van der Waals surface area contributed by atoms with Crippen molar-refractivity contribution in [2.75, 3.05) is 40.3 Å². The topological polar surface area (TPSA) is 109 Å². The number of thioether (sulfide) groups is 2. The van der Waals surface area contributed by atoms with Crippen LogP contribution in [0, 0.1) is 0 Å². The normalized spacial score (nSPS) is 23.6. The molecule has 0 aromatic heterocycles. The molecule has 1 aliphatic heterocycles. The zero-order valence-electron chi connectivity index (χ0n) is 11.9. The van der Waals surface area contributed by atoms with E-state index in [1.165, 1.54) is 23.5 Å². The lowest BCUT2D eigenvalue weighted by atomic mass is 10.6. The molecule has 2 unspecified atom stereocenters. The third kappa shape index (κ3) is 13.7. The summed E-state index contributed by atoms with van der Waals surface area (Å²) in [5, 5.41) is 0.414. The van der Waals surface area contributed by atoms with Gasteiger partial charge in [-0.25, -0.2) is 0 Å². The van der Waals surface area contributed by atoms with Crippen LogP contribution in [0.2, 0.25) is 0 Å². The van der Waals surface area contributed by atoms with Gasteiger partial charge in [0.15, 0.2) is 0 Å². The molecule has 0 bridgehead atoms. The first-order valence-electron chi connectivity index (χ1n) is 6.32. The molecule has 1 saturated heterocycles. The molecular formula is C9H18O6S8. The van der Waals surface area contributed by atoms with E-state index >= 15 is 0 Å². The van der Waals surface area contributed by atoms with Gasteiger partial charge in [-0.3, -0.25) is 9.11 Å². The minimum atomic E-state index is -3.87. The highest BCUT2D eigenvalue weighted by Crippen LogP contribution is 2.48. The van der Waals surface area contributed by atoms with E-state index in [1.807, 2.05) is 0 Å². The summed E-state index contributed by atoms with van der Waals surface area (Å²) in [5.41, 5.74) is 0. The fourth-order valence-electron chi connectivity index (χ4n) is 1.23. The maximum atomic E-state index is 10.6. The van der Waals surface area contributed by atoms with Gasteiger partial charge in [-0.05, 0) is 0 Å². The van der Waals surface area contributed by atoms with E-state index in [1.54, 1.807) is 43.2 Å². The Labute approximate surface area is 161 Å². The van der Waals surface area contributed by atoms with Gasteiger partial charge >= 0.3 is 0 Å². The number of rotatable bonds is 10. The molecule has 0 amide bonds. The summed E-state index contributed by atoms with van der Waals surface area (Å²) in [6, 6.07) is 0. The van der Waals surface area contributed by atoms with Crippen molar-refractivity contribution < 1.29 is 25.9 Å². The van der Waals surface area contributed by atoms with Crippen LogP contribution in [0.25, 0.3) is 0 Å². The summed E-state index contributed by atoms with van der Waals surface area (Å²) in [6.45, 7) is 0. The second-order valence-corrected chi connectivity index (χ2v) is 15.5. The molecule has 2 atom stereocenters. The van der Waals surface area contributed by atoms with E-state index in [9.17, 15) is 16.8 Å². The van der Waals surface area contributed by atoms with Gasteiger partial charge in [-0.1, -0.05) is 43.2 Å². The number of hydrogen-bond donors (Lipinski definition) is 2. The van der Waals surface area contributed by atoms with Crippen LogP contribution in [0.3, 0.4) is 0 Å². The predicted octanol–water partition coefficient (Wildman–Crippen LogP) is 2.70. The second-order valence-electron chi connectivity index (χ2n) is 4.35. The average molecular weight is 479 g/mol. The largest absolute Gasteiger partial charge is 0.286 e. The SMILES string of the molecule is O=S(=O)(O)CCSCC1CSSC(CSCCS(=O)(=O)O)SS1. The predicted molar refractivity (Wildman–Crippen MR) is 110 cm³/mol. The first kappa shape index (κ1) is 23.0. The van der Waals surface area contributed by atoms with Gasteiger partial charge < -0.3 is 0 Å². The standard InChI is InChI=1S/C9H18O6S8/c10-22(11,12)3-1-16-5-8-6-18-20-9(21-19-8)7-17-2-4-23(13,14)15/h8-9H,1-7H2,(H,10,11,12)(H,13,14,15). The third-order valence-electron chi connectivity index (χ3n) is 2.26. The number of hydrogen-bond acceptors (Lipinski definition) is 10. The fraction of sp³-hybridized carbons (Fsp3) is 1.00. The Morgan fingerprint density at radius 1 is 0.870 bits per heavy atom. The average Bonchev–Trinajstić information content (AvgIpc) is 2.63. The summed E-state index contributed by atoms with van der Waals surface area (Å²) >= 11 is 3.04. The van der Waals surface area contributed by atoms with Crippen LogP contribution >= 0.6 is 66.7 Å². The van der Waals surface area contributed by atoms with Gasteiger partial charge in [0.05, 0.1) is 16.1 Å². The maximum absolute atomic E-state index is 10.6. The zero-order chi connectivity index (χ0) is 17.3. The Hall–Kier alpha value is 1.92. The Morgan fingerprint density at radius 2 is 1.43 bits per heavy atom. The van der Waals surface area contributed by atoms with Crippen molar-refractivity contribution in [3.8, 4) is 0 Å². The van der Waals surface area contributed by atoms with Crippen LogP contribution in [0.4, 0.5) is 0 Å². The van der Waals surface area contributed by atoms with Crippen molar-refractivity contribution in [2.45, 2.75) is 9.83 Å². The van der Waals surface area contributed by atoms with Crippen LogP contribution in [0.5, 0.6) is 0 Å². The third-order valence-corrected chi connectivity index (χ3v) is 14.1. The van der Waals surface area contributed by atoms with E-state index in [-0.39, 0.29) is 11.5 Å². The van der Waals surface area contributed by atoms with Gasteiger partial charge in [-0.15, -0.1) is 0 Å². The summed E-state index contributed by atoms with van der Waals surface area (Å²) in [5.74, 6) is 2.97. The van der Waals surface area contributed by atoms with E-state index in [4.69, 9.17) is 9.11 Å². The van der Waals surface area contributed by atoms with Crippen LogP contribution < -0.4 is 0 Å². The molecule has 14 heteroatoms. The maximum Gasteiger partial charge on any atom is 0.265 e. The summed E-state index contributed by atoms with van der Waals surface area (Å²) in [4.78, 5) is 0. The molecule has 1 rings (SSSR count). The Balaban J connectivity index is 2.15. The molecule has 0 spiro atoms. The Bertz CT molecular complexity index is 486. The smallest absolute Gasteiger partial charge is 0.265 e. The minimum absolute atomic E-state index is 0.211. The monoisotopic (exact) mass is 478 g/mol. The Morgan fingerprint density at radius 3 is 2.00 bits per heavy atom. The molecule has 0 aromatic rings. The van der Waals surface area contributed by atoms with Crippen LogP contribution in [0.1, 0.15) is 0 Å². The van der Waals surface area contributed by atoms with E-state index in [0.29, 0.717) is 21.3 Å². The molecule has 6 nitrogen and oxygen atoms in total. The summed E-state index contributed by atoms with van der Waals surface area (Å²) in [7, 11) is -0.671. The van der Waals surface area contributed by atoms with Gasteiger partial charge in [0.2, 0.25) is 0 Å². The minimum Gasteiger partial charge on any atom is -0.286 e. The van der Waals surface area contributed by atoms with Crippen molar-refractivity contribution in [2.24, 2.45) is 0 Å². The molecule has 1 fully saturated rings. The van der Waals surface area contributed by atoms with Gasteiger partial charge in [0.25, 0.3) is 20.2 Å². The molecule has 0 radical (unpaired) electrons. The molecule has 0 saturated carbocycles. The molecule has 138 valence electrons. The molecule has 0 aliphatic carbocycles. The first-order valence-corrected chi connectivity index (χ1v) is 16.5. The Kier molecular flexibility index (Phi) is 11.6. The van der Waals surface area contributed by atoms with Crippen molar-refractivity contribution in [3.05, 3.63) is 0 Å². The molecule has 2 N–H and O–H groups in total. The van der Waals surface area contributed by atoms with Crippen LogP contribution in [0.15, 0.2) is 0 Å². The summed E-state index contributed by atoms with van der Waals surface area (Å²) < 4.78 is 60.2. The van der Waals surface area contributed by atoms with Crippen molar-refractivity contribution >= 4 is 86.9 Å². The van der Waals surface area contributed by atoms with Crippen molar-refractivity contribution in [1.29, 1.82) is 0 Å². The lowest BCUT2D eigenvalue weighted by molar-refractivity contribution is 0.483. The lowest BCUT2D eigenvalue weighted by Crippen LogP contribution is -2.11. The summed E-state index contributed by atoms with van der Waals surface area (Å²) in [6.07, 6.45) is 0. The quantitative estimate of drug-likeness (QED) is 0.274. The molecule has 1 heterocycles. The van der Waals surface area contributed by atoms with Gasteiger partial charge in [0, 0.05) is 34.0 Å². The molecule has 23 heavy (non-hydrogen) atoms. The van der Waals surface area contributed by atoms with E-state index < -0.39 is 20.2 Å². The molecule has 0 aromatic carbocycles. The van der Waals surface area contributed by atoms with Crippen molar-refractivity contribution in [3.63, 3.8) is 0 Å². The van der Waals surface area contributed by atoms with E-state index in [0.717, 1.165) is 17.3 Å². The van der Waals surface area contributed by atoms with Gasteiger partial charge in [0.1, 0.15) is 0 Å². The van der Waals surface area contributed by atoms with E-state index in [2.05, 4.69) is 0 Å². The van der Waals surface area contributed by atoms with Crippen molar-refractivity contribution in [1.82, 2.24) is 0 Å². The fourth-order valence-corrected chi connectivity index (χ4v) is 14.1. The zero-order valence-corrected chi connectivity index (χ0v) is 18.4. The highest BCUT2D eigenvalue weighted by Gasteiger charge is 2.21. The second kappa shape index (κ2) is 11.6. The molecule has 1 aliphatic rings. The van der Waals surface area contributed by atoms with Crippen LogP contribution in [-0.4, -0.2) is 76.0 Å². The van der Waals surface area contributed by atoms with Gasteiger partial charge in [-0.2, -0.15) is 40.4 Å². The first-order chi connectivity index (χ1) is 10.7.